The van der Waals surface area contributed by atoms with Crippen molar-refractivity contribution in [1.29, 1.82) is 0 Å². The monoisotopic (exact) mass is 237 g/mol. The van der Waals surface area contributed by atoms with Crippen LogP contribution < -0.4 is 0 Å². The number of carbonyl (C=O) groups excluding carboxylic acids is 1. The number of hydrogen-bond donors (Lipinski definition) is 0. The number of hydrogen-bond acceptors (Lipinski definition) is 3. The molecule has 0 aliphatic carbocycles. The number of pyridine rings is 1. The SMILES string of the molecule is O=C(Cc1ccsc1)c1ncccc1Cl. The summed E-state index contributed by atoms with van der Waals surface area (Å²) in [7, 11) is 0. The maximum Gasteiger partial charge on any atom is 0.187 e. The molecular formula is C11H8ClNOS. The molecule has 0 saturated heterocycles. The van der Waals surface area contributed by atoms with Crippen LogP contribution in [0.4, 0.5) is 0 Å². The first kappa shape index (κ1) is 10.3. The number of rotatable bonds is 3. The minimum Gasteiger partial charge on any atom is -0.292 e. The van der Waals surface area contributed by atoms with Gasteiger partial charge in [0, 0.05) is 12.6 Å². The Morgan fingerprint density at radius 1 is 1.47 bits per heavy atom. The van der Waals surface area contributed by atoms with Crippen molar-refractivity contribution in [2.45, 2.75) is 6.42 Å². The molecule has 2 heterocycles. The molecule has 76 valence electrons. The Hall–Kier alpha value is -1.19. The van der Waals surface area contributed by atoms with Crippen LogP contribution in [-0.4, -0.2) is 10.8 Å². The molecule has 0 radical (unpaired) electrons. The Morgan fingerprint density at radius 3 is 3.00 bits per heavy atom. The molecule has 0 amide bonds. The van der Waals surface area contributed by atoms with Crippen LogP contribution in [0.3, 0.4) is 0 Å². The number of carbonyl (C=O) groups is 1. The van der Waals surface area contributed by atoms with Gasteiger partial charge in [-0.3, -0.25) is 9.78 Å². The van der Waals surface area contributed by atoms with Gasteiger partial charge in [0.2, 0.25) is 0 Å². The quantitative estimate of drug-likeness (QED) is 0.768. The molecule has 0 atom stereocenters. The second kappa shape index (κ2) is 4.55. The van der Waals surface area contributed by atoms with Crippen molar-refractivity contribution in [1.82, 2.24) is 4.98 Å². The van der Waals surface area contributed by atoms with E-state index in [1.165, 1.54) is 0 Å². The summed E-state index contributed by atoms with van der Waals surface area (Å²) in [4.78, 5) is 15.8. The van der Waals surface area contributed by atoms with E-state index in [0.29, 0.717) is 17.1 Å². The first-order valence-electron chi connectivity index (χ1n) is 4.42. The van der Waals surface area contributed by atoms with Gasteiger partial charge in [-0.05, 0) is 34.5 Å². The summed E-state index contributed by atoms with van der Waals surface area (Å²) >= 11 is 7.45. The van der Waals surface area contributed by atoms with Crippen LogP contribution in [0.15, 0.2) is 35.2 Å². The average Bonchev–Trinajstić information content (AvgIpc) is 2.71. The van der Waals surface area contributed by atoms with Crippen molar-refractivity contribution in [2.24, 2.45) is 0 Å². The van der Waals surface area contributed by atoms with E-state index in [4.69, 9.17) is 11.6 Å². The van der Waals surface area contributed by atoms with Crippen LogP contribution in [0.25, 0.3) is 0 Å². The second-order valence-corrected chi connectivity index (χ2v) is 4.25. The number of nitrogens with zero attached hydrogens (tertiary/aromatic N) is 1. The number of aromatic nitrogens is 1. The van der Waals surface area contributed by atoms with Gasteiger partial charge in [-0.25, -0.2) is 0 Å². The summed E-state index contributed by atoms with van der Waals surface area (Å²) in [5.74, 6) is -0.0426. The number of thiophene rings is 1. The number of ketones is 1. The normalized spacial score (nSPS) is 10.2. The molecule has 4 heteroatoms. The fourth-order valence-corrected chi connectivity index (χ4v) is 2.15. The molecule has 2 aromatic heterocycles. The van der Waals surface area contributed by atoms with Crippen molar-refractivity contribution in [2.75, 3.05) is 0 Å². The lowest BCUT2D eigenvalue weighted by Crippen LogP contribution is -2.05. The van der Waals surface area contributed by atoms with Crippen molar-refractivity contribution in [3.8, 4) is 0 Å². The third kappa shape index (κ3) is 2.43. The van der Waals surface area contributed by atoms with Crippen molar-refractivity contribution in [3.05, 3.63) is 51.4 Å². The molecule has 2 nitrogen and oxygen atoms in total. The molecule has 0 aromatic carbocycles. The Labute approximate surface area is 96.5 Å². The molecule has 0 N–H and O–H groups in total. The fraction of sp³-hybridized carbons (Fsp3) is 0.0909. The Morgan fingerprint density at radius 2 is 2.33 bits per heavy atom. The summed E-state index contributed by atoms with van der Waals surface area (Å²) < 4.78 is 0. The predicted molar refractivity (Wildman–Crippen MR) is 61.6 cm³/mol. The molecule has 0 saturated carbocycles. The van der Waals surface area contributed by atoms with E-state index in [1.807, 2.05) is 16.8 Å². The molecule has 0 spiro atoms. The Bertz CT molecular complexity index is 467. The molecule has 0 fully saturated rings. The zero-order valence-electron chi connectivity index (χ0n) is 7.81. The Balaban J connectivity index is 2.19. The molecular weight excluding hydrogens is 230 g/mol. The molecule has 0 aliphatic rings. The highest BCUT2D eigenvalue weighted by Crippen LogP contribution is 2.16. The van der Waals surface area contributed by atoms with Gasteiger partial charge in [-0.2, -0.15) is 11.3 Å². The molecule has 0 bridgehead atoms. The highest BCUT2D eigenvalue weighted by molar-refractivity contribution is 7.08. The molecule has 2 aromatic rings. The zero-order valence-corrected chi connectivity index (χ0v) is 9.39. The van der Waals surface area contributed by atoms with Crippen molar-refractivity contribution < 1.29 is 4.79 Å². The number of Topliss-reactive ketones (excluding diaryl/α,β-unsaturated/α-hetero) is 1. The van der Waals surface area contributed by atoms with E-state index in [-0.39, 0.29) is 5.78 Å². The lowest BCUT2D eigenvalue weighted by molar-refractivity contribution is 0.0988. The Kier molecular flexibility index (Phi) is 3.14. The number of halogens is 1. The second-order valence-electron chi connectivity index (χ2n) is 3.07. The maximum absolute atomic E-state index is 11.8. The van der Waals surface area contributed by atoms with Gasteiger partial charge in [-0.1, -0.05) is 11.6 Å². The van der Waals surface area contributed by atoms with Gasteiger partial charge in [-0.15, -0.1) is 0 Å². The summed E-state index contributed by atoms with van der Waals surface area (Å²) in [5.41, 5.74) is 1.36. The first-order chi connectivity index (χ1) is 7.27. The van der Waals surface area contributed by atoms with E-state index in [9.17, 15) is 4.79 Å². The highest BCUT2D eigenvalue weighted by atomic mass is 35.5. The standard InChI is InChI=1S/C11H8ClNOS/c12-9-2-1-4-13-11(9)10(14)6-8-3-5-15-7-8/h1-5,7H,6H2. The topological polar surface area (TPSA) is 30.0 Å². The van der Waals surface area contributed by atoms with Crippen LogP contribution in [0, 0.1) is 0 Å². The van der Waals surface area contributed by atoms with Gasteiger partial charge in [0.15, 0.2) is 5.78 Å². The lowest BCUT2D eigenvalue weighted by Gasteiger charge is -2.00. The largest absolute Gasteiger partial charge is 0.292 e. The van der Waals surface area contributed by atoms with E-state index in [2.05, 4.69) is 4.98 Å². The van der Waals surface area contributed by atoms with Crippen LogP contribution in [0.5, 0.6) is 0 Å². The molecule has 2 rings (SSSR count). The zero-order chi connectivity index (χ0) is 10.7. The van der Waals surface area contributed by atoms with E-state index >= 15 is 0 Å². The van der Waals surface area contributed by atoms with Gasteiger partial charge < -0.3 is 0 Å². The van der Waals surface area contributed by atoms with E-state index in [0.717, 1.165) is 5.56 Å². The average molecular weight is 238 g/mol. The summed E-state index contributed by atoms with van der Waals surface area (Å²) in [6.07, 6.45) is 1.94. The highest BCUT2D eigenvalue weighted by Gasteiger charge is 2.11. The third-order valence-corrected chi connectivity index (χ3v) is 3.00. The van der Waals surface area contributed by atoms with Gasteiger partial charge >= 0.3 is 0 Å². The molecule has 15 heavy (non-hydrogen) atoms. The maximum atomic E-state index is 11.8. The third-order valence-electron chi connectivity index (χ3n) is 1.97. The first-order valence-corrected chi connectivity index (χ1v) is 5.74. The smallest absolute Gasteiger partial charge is 0.187 e. The van der Waals surface area contributed by atoms with Crippen molar-refractivity contribution in [3.63, 3.8) is 0 Å². The van der Waals surface area contributed by atoms with Crippen molar-refractivity contribution >= 4 is 28.7 Å². The van der Waals surface area contributed by atoms with E-state index < -0.39 is 0 Å². The van der Waals surface area contributed by atoms with Gasteiger partial charge in [0.25, 0.3) is 0 Å². The minimum atomic E-state index is -0.0426. The summed E-state index contributed by atoms with van der Waals surface area (Å²) in [5, 5.41) is 4.31. The van der Waals surface area contributed by atoms with Crippen LogP contribution in [0.1, 0.15) is 16.1 Å². The van der Waals surface area contributed by atoms with Gasteiger partial charge in [0.05, 0.1) is 5.02 Å². The van der Waals surface area contributed by atoms with Crippen LogP contribution in [0.2, 0.25) is 5.02 Å². The van der Waals surface area contributed by atoms with Gasteiger partial charge in [0.1, 0.15) is 5.69 Å². The summed E-state index contributed by atoms with van der Waals surface area (Å²) in [6, 6.07) is 5.32. The fourth-order valence-electron chi connectivity index (χ4n) is 1.25. The lowest BCUT2D eigenvalue weighted by atomic mass is 10.1. The minimum absolute atomic E-state index is 0.0426. The summed E-state index contributed by atoms with van der Waals surface area (Å²) in [6.45, 7) is 0. The molecule has 0 unspecified atom stereocenters. The molecule has 0 aliphatic heterocycles. The van der Waals surface area contributed by atoms with E-state index in [1.54, 1.807) is 29.7 Å². The van der Waals surface area contributed by atoms with Crippen LogP contribution in [-0.2, 0) is 6.42 Å². The predicted octanol–water partition coefficient (Wildman–Crippen LogP) is 3.22. The van der Waals surface area contributed by atoms with Crippen LogP contribution >= 0.6 is 22.9 Å².